The average molecular weight is 506 g/mol. The summed E-state index contributed by atoms with van der Waals surface area (Å²) in [6, 6.07) is 4.77. The molecule has 2 amide bonds. The molecule has 1 heterocycles. The Balaban J connectivity index is 1.08. The van der Waals surface area contributed by atoms with Gasteiger partial charge in [0, 0.05) is 29.7 Å². The van der Waals surface area contributed by atoms with Crippen LogP contribution in [0.15, 0.2) is 18.2 Å². The van der Waals surface area contributed by atoms with Crippen LogP contribution in [0.1, 0.15) is 77.0 Å². The Morgan fingerprint density at radius 1 is 1.03 bits per heavy atom. The van der Waals surface area contributed by atoms with Crippen LogP contribution in [-0.4, -0.2) is 53.5 Å². The van der Waals surface area contributed by atoms with Crippen molar-refractivity contribution in [3.63, 3.8) is 0 Å². The second kappa shape index (κ2) is 10.3. The summed E-state index contributed by atoms with van der Waals surface area (Å²) in [5.41, 5.74) is -0.451. The molecule has 192 valence electrons. The SMILES string of the molecule is O=C(COc1ccc(Cl)c(F)c1)NC12CCC(NC(=O)C3CCCN(C4CCCCCC4)C3)(C1)C2. The second-order valence-corrected chi connectivity index (χ2v) is 11.7. The van der Waals surface area contributed by atoms with Crippen LogP contribution < -0.4 is 15.4 Å². The second-order valence-electron chi connectivity index (χ2n) is 11.3. The van der Waals surface area contributed by atoms with Gasteiger partial charge in [0.1, 0.15) is 11.6 Å². The third-order valence-electron chi connectivity index (χ3n) is 8.65. The molecule has 6 nitrogen and oxygen atoms in total. The molecule has 1 unspecified atom stereocenters. The Hall–Kier alpha value is -1.86. The Bertz CT molecular complexity index is 944. The highest BCUT2D eigenvalue weighted by molar-refractivity contribution is 6.30. The van der Waals surface area contributed by atoms with Gasteiger partial charge in [-0.1, -0.05) is 37.3 Å². The number of ether oxygens (including phenoxy) is 1. The summed E-state index contributed by atoms with van der Waals surface area (Å²) in [5.74, 6) is -0.271. The van der Waals surface area contributed by atoms with Gasteiger partial charge in [0.15, 0.2) is 6.61 Å². The van der Waals surface area contributed by atoms with Crippen molar-refractivity contribution < 1.29 is 18.7 Å². The maximum atomic E-state index is 13.6. The number of hydrogen-bond acceptors (Lipinski definition) is 4. The van der Waals surface area contributed by atoms with E-state index in [4.69, 9.17) is 16.3 Å². The van der Waals surface area contributed by atoms with Crippen molar-refractivity contribution in [3.05, 3.63) is 29.0 Å². The highest BCUT2D eigenvalue weighted by atomic mass is 35.5. The quantitative estimate of drug-likeness (QED) is 0.532. The molecule has 1 aromatic carbocycles. The van der Waals surface area contributed by atoms with Crippen LogP contribution in [0, 0.1) is 11.7 Å². The van der Waals surface area contributed by atoms with E-state index in [1.165, 1.54) is 50.7 Å². The van der Waals surface area contributed by atoms with E-state index in [9.17, 15) is 14.0 Å². The average Bonchev–Trinajstić information content (AvgIpc) is 3.20. The maximum Gasteiger partial charge on any atom is 0.258 e. The van der Waals surface area contributed by atoms with E-state index in [0.29, 0.717) is 6.04 Å². The highest BCUT2D eigenvalue weighted by Gasteiger charge is 2.62. The number of rotatable bonds is 7. The molecule has 8 heteroatoms. The van der Waals surface area contributed by atoms with Crippen molar-refractivity contribution in [3.8, 4) is 5.75 Å². The number of benzene rings is 1. The fourth-order valence-corrected chi connectivity index (χ4v) is 7.08. The summed E-state index contributed by atoms with van der Waals surface area (Å²) in [7, 11) is 0. The summed E-state index contributed by atoms with van der Waals surface area (Å²) in [6.45, 7) is 1.83. The monoisotopic (exact) mass is 505 g/mol. The van der Waals surface area contributed by atoms with E-state index in [1.54, 1.807) is 6.07 Å². The Labute approximate surface area is 212 Å². The van der Waals surface area contributed by atoms with E-state index in [1.807, 2.05) is 0 Å². The fourth-order valence-electron chi connectivity index (χ4n) is 6.96. The lowest BCUT2D eigenvalue weighted by Crippen LogP contribution is -2.65. The van der Waals surface area contributed by atoms with Crippen molar-refractivity contribution in [2.45, 2.75) is 94.2 Å². The van der Waals surface area contributed by atoms with Gasteiger partial charge in [-0.2, -0.15) is 0 Å². The molecule has 1 saturated heterocycles. The van der Waals surface area contributed by atoms with Crippen molar-refractivity contribution in [2.24, 2.45) is 5.92 Å². The van der Waals surface area contributed by atoms with Gasteiger partial charge in [-0.3, -0.25) is 14.5 Å². The largest absolute Gasteiger partial charge is 0.484 e. The first-order chi connectivity index (χ1) is 16.9. The standard InChI is InChI=1S/C27H37ClFN3O3/c28-22-10-9-21(14-23(22)29)35-16-24(33)30-26-11-12-27(17-26,18-26)31-25(34)19-6-5-13-32(15-19)20-7-3-1-2-4-8-20/h9-10,14,19-20H,1-8,11-13,15-18H2,(H,30,33)(H,31,34). The number of carbonyl (C=O) groups is 2. The van der Waals surface area contributed by atoms with Crippen LogP contribution in [0.25, 0.3) is 0 Å². The van der Waals surface area contributed by atoms with Gasteiger partial charge in [-0.05, 0) is 70.0 Å². The zero-order chi connectivity index (χ0) is 24.5. The molecule has 1 atom stereocenters. The van der Waals surface area contributed by atoms with Crippen LogP contribution in [0.3, 0.4) is 0 Å². The number of fused-ring (bicyclic) bond motifs is 1. The van der Waals surface area contributed by atoms with Gasteiger partial charge >= 0.3 is 0 Å². The molecule has 5 fully saturated rings. The third-order valence-corrected chi connectivity index (χ3v) is 8.96. The fraction of sp³-hybridized carbons (Fsp3) is 0.704. The molecule has 1 aliphatic heterocycles. The number of hydrogen-bond donors (Lipinski definition) is 2. The van der Waals surface area contributed by atoms with Crippen LogP contribution in [0.5, 0.6) is 5.75 Å². The Morgan fingerprint density at radius 3 is 2.46 bits per heavy atom. The first kappa shape index (κ1) is 24.8. The molecule has 5 aliphatic rings. The van der Waals surface area contributed by atoms with E-state index in [2.05, 4.69) is 15.5 Å². The lowest BCUT2D eigenvalue weighted by molar-refractivity contribution is -0.131. The molecule has 2 N–H and O–H groups in total. The van der Waals surface area contributed by atoms with Gasteiger partial charge in [0.2, 0.25) is 5.91 Å². The minimum atomic E-state index is -0.575. The summed E-state index contributed by atoms with van der Waals surface area (Å²) >= 11 is 5.69. The molecule has 35 heavy (non-hydrogen) atoms. The molecule has 4 saturated carbocycles. The van der Waals surface area contributed by atoms with Crippen molar-refractivity contribution in [1.29, 1.82) is 0 Å². The van der Waals surface area contributed by atoms with Crippen molar-refractivity contribution in [2.75, 3.05) is 19.7 Å². The number of amides is 2. The van der Waals surface area contributed by atoms with Gasteiger partial charge in [0.05, 0.1) is 10.9 Å². The molecule has 0 aromatic heterocycles. The van der Waals surface area contributed by atoms with Gasteiger partial charge in [-0.15, -0.1) is 0 Å². The van der Waals surface area contributed by atoms with Crippen LogP contribution >= 0.6 is 11.6 Å². The number of carbonyl (C=O) groups excluding carboxylic acids is 2. The summed E-state index contributed by atoms with van der Waals surface area (Å²) in [4.78, 5) is 28.3. The summed E-state index contributed by atoms with van der Waals surface area (Å²) < 4.78 is 19.0. The van der Waals surface area contributed by atoms with Gasteiger partial charge in [-0.25, -0.2) is 4.39 Å². The van der Waals surface area contributed by atoms with E-state index >= 15 is 0 Å². The van der Waals surface area contributed by atoms with Crippen LogP contribution in [0.2, 0.25) is 5.02 Å². The maximum absolute atomic E-state index is 13.6. The number of likely N-dealkylation sites (tertiary alicyclic amines) is 1. The van der Waals surface area contributed by atoms with E-state index in [-0.39, 0.29) is 46.2 Å². The van der Waals surface area contributed by atoms with Gasteiger partial charge in [0.25, 0.3) is 5.91 Å². The van der Waals surface area contributed by atoms with Crippen LogP contribution in [-0.2, 0) is 9.59 Å². The smallest absolute Gasteiger partial charge is 0.258 e. The first-order valence-electron chi connectivity index (χ1n) is 13.3. The molecule has 0 radical (unpaired) electrons. The molecule has 6 rings (SSSR count). The number of halogens is 2. The molecular formula is C27H37ClFN3O3. The number of nitrogens with zero attached hydrogens (tertiary/aromatic N) is 1. The lowest BCUT2D eigenvalue weighted by Gasteiger charge is -2.49. The van der Waals surface area contributed by atoms with Crippen molar-refractivity contribution in [1.82, 2.24) is 15.5 Å². The third kappa shape index (κ3) is 5.61. The number of nitrogens with one attached hydrogen (secondary N) is 2. The summed E-state index contributed by atoms with van der Waals surface area (Å²) in [6.07, 6.45) is 13.2. The first-order valence-corrected chi connectivity index (χ1v) is 13.7. The molecule has 4 aliphatic carbocycles. The predicted octanol–water partition coefficient (Wildman–Crippen LogP) is 4.59. The minimum absolute atomic E-state index is 0.0184. The minimum Gasteiger partial charge on any atom is -0.484 e. The molecule has 0 spiro atoms. The summed E-state index contributed by atoms with van der Waals surface area (Å²) in [5, 5.41) is 6.52. The molecular weight excluding hydrogens is 469 g/mol. The van der Waals surface area contributed by atoms with Crippen molar-refractivity contribution >= 4 is 23.4 Å². The zero-order valence-corrected chi connectivity index (χ0v) is 21.2. The molecule has 1 aromatic rings. The Kier molecular flexibility index (Phi) is 7.27. The Morgan fingerprint density at radius 2 is 1.74 bits per heavy atom. The van der Waals surface area contributed by atoms with Crippen LogP contribution in [0.4, 0.5) is 4.39 Å². The lowest BCUT2D eigenvalue weighted by atomic mass is 9.70. The predicted molar refractivity (Wildman–Crippen MR) is 133 cm³/mol. The highest BCUT2D eigenvalue weighted by Crippen LogP contribution is 2.55. The zero-order valence-electron chi connectivity index (χ0n) is 20.4. The number of piperidine rings is 1. The topological polar surface area (TPSA) is 70.7 Å². The van der Waals surface area contributed by atoms with E-state index < -0.39 is 5.82 Å². The molecule has 2 bridgehead atoms. The van der Waals surface area contributed by atoms with E-state index in [0.717, 1.165) is 51.6 Å². The van der Waals surface area contributed by atoms with Gasteiger partial charge < -0.3 is 15.4 Å². The normalized spacial score (nSPS) is 31.3.